The van der Waals surface area contributed by atoms with E-state index in [1.165, 1.54) is 4.88 Å². The first-order valence-electron chi connectivity index (χ1n) is 7.64. The molecule has 0 aliphatic carbocycles. The van der Waals surface area contributed by atoms with Crippen molar-refractivity contribution in [1.29, 1.82) is 0 Å². The quantitative estimate of drug-likeness (QED) is 0.874. The second kappa shape index (κ2) is 6.72. The van der Waals surface area contributed by atoms with Crippen molar-refractivity contribution in [2.45, 2.75) is 57.5 Å². The first-order valence-corrected chi connectivity index (χ1v) is 8.51. The number of hydrogen-bond donors (Lipinski definition) is 1. The van der Waals surface area contributed by atoms with Crippen LogP contribution in [0.25, 0.3) is 0 Å². The minimum absolute atomic E-state index is 0.247. The number of hydrogen-bond acceptors (Lipinski definition) is 3. The van der Waals surface area contributed by atoms with Crippen LogP contribution >= 0.6 is 11.3 Å². The van der Waals surface area contributed by atoms with Crippen molar-refractivity contribution in [3.63, 3.8) is 0 Å². The van der Waals surface area contributed by atoms with Gasteiger partial charge in [-0.3, -0.25) is 4.79 Å². The molecule has 1 fully saturated rings. The Morgan fingerprint density at radius 3 is 2.95 bits per heavy atom. The predicted molar refractivity (Wildman–Crippen MR) is 85.1 cm³/mol. The van der Waals surface area contributed by atoms with Crippen LogP contribution in [0.1, 0.15) is 44.4 Å². The SMILES string of the molecule is CCCC1(C(=O)N(C)C(C)Cc2cccs2)CCCN1. The summed E-state index contributed by atoms with van der Waals surface area (Å²) in [6.45, 7) is 5.27. The molecule has 3 nitrogen and oxygen atoms in total. The summed E-state index contributed by atoms with van der Waals surface area (Å²) < 4.78 is 0. The maximum atomic E-state index is 12.9. The molecule has 2 unspecified atom stereocenters. The Morgan fingerprint density at radius 1 is 1.60 bits per heavy atom. The van der Waals surface area contributed by atoms with Crippen LogP contribution in [0.3, 0.4) is 0 Å². The second-order valence-corrected chi connectivity index (χ2v) is 6.94. The maximum absolute atomic E-state index is 12.9. The van der Waals surface area contributed by atoms with Crippen LogP contribution in [-0.4, -0.2) is 36.0 Å². The molecule has 0 bridgehead atoms. The number of carbonyl (C=O) groups excluding carboxylic acids is 1. The van der Waals surface area contributed by atoms with Crippen LogP contribution in [0.2, 0.25) is 0 Å². The van der Waals surface area contributed by atoms with Gasteiger partial charge in [0.15, 0.2) is 0 Å². The lowest BCUT2D eigenvalue weighted by Gasteiger charge is -2.35. The third-order valence-electron chi connectivity index (χ3n) is 4.39. The van der Waals surface area contributed by atoms with Gasteiger partial charge in [-0.2, -0.15) is 0 Å². The highest BCUT2D eigenvalue weighted by Gasteiger charge is 2.42. The van der Waals surface area contributed by atoms with Crippen molar-refractivity contribution in [2.24, 2.45) is 0 Å². The number of likely N-dealkylation sites (N-methyl/N-ethyl adjacent to an activating group) is 1. The summed E-state index contributed by atoms with van der Waals surface area (Å²) in [6.07, 6.45) is 5.03. The molecule has 0 radical (unpaired) electrons. The normalized spacial score (nSPS) is 23.8. The number of thiophene rings is 1. The van der Waals surface area contributed by atoms with E-state index in [0.717, 1.165) is 38.6 Å². The van der Waals surface area contributed by atoms with Crippen molar-refractivity contribution < 1.29 is 4.79 Å². The molecule has 1 aromatic heterocycles. The molecule has 0 aromatic carbocycles. The van der Waals surface area contributed by atoms with Gasteiger partial charge in [0.05, 0.1) is 5.54 Å². The van der Waals surface area contributed by atoms with Crippen LogP contribution in [0.4, 0.5) is 0 Å². The van der Waals surface area contributed by atoms with Gasteiger partial charge in [-0.05, 0) is 44.2 Å². The molecule has 4 heteroatoms. The molecule has 1 N–H and O–H groups in total. The van der Waals surface area contributed by atoms with E-state index in [2.05, 4.69) is 36.7 Å². The Bertz CT molecular complexity index is 424. The first kappa shape index (κ1) is 15.5. The fourth-order valence-electron chi connectivity index (χ4n) is 3.13. The molecule has 1 saturated heterocycles. The monoisotopic (exact) mass is 294 g/mol. The smallest absolute Gasteiger partial charge is 0.242 e. The van der Waals surface area contributed by atoms with E-state index >= 15 is 0 Å². The number of amides is 1. The summed E-state index contributed by atoms with van der Waals surface area (Å²) in [4.78, 5) is 16.2. The van der Waals surface area contributed by atoms with E-state index < -0.39 is 0 Å². The van der Waals surface area contributed by atoms with Gasteiger partial charge in [-0.1, -0.05) is 19.4 Å². The Hall–Kier alpha value is -0.870. The van der Waals surface area contributed by atoms with Crippen molar-refractivity contribution in [3.05, 3.63) is 22.4 Å². The van der Waals surface area contributed by atoms with Gasteiger partial charge in [0.25, 0.3) is 0 Å². The van der Waals surface area contributed by atoms with Gasteiger partial charge in [0.1, 0.15) is 0 Å². The van der Waals surface area contributed by atoms with Gasteiger partial charge in [0.2, 0.25) is 5.91 Å². The lowest BCUT2D eigenvalue weighted by atomic mass is 9.89. The van der Waals surface area contributed by atoms with Crippen molar-refractivity contribution in [2.75, 3.05) is 13.6 Å². The molecule has 2 atom stereocenters. The zero-order chi connectivity index (χ0) is 14.6. The van der Waals surface area contributed by atoms with E-state index in [-0.39, 0.29) is 17.5 Å². The molecule has 1 aliphatic rings. The molecule has 0 spiro atoms. The zero-order valence-corrected chi connectivity index (χ0v) is 13.6. The van der Waals surface area contributed by atoms with E-state index in [0.29, 0.717) is 0 Å². The number of nitrogens with one attached hydrogen (secondary N) is 1. The summed E-state index contributed by atoms with van der Waals surface area (Å²) >= 11 is 1.77. The zero-order valence-electron chi connectivity index (χ0n) is 12.8. The minimum atomic E-state index is -0.298. The van der Waals surface area contributed by atoms with Crippen LogP contribution in [0.5, 0.6) is 0 Å². The molecule has 2 rings (SSSR count). The van der Waals surface area contributed by atoms with E-state index in [4.69, 9.17) is 0 Å². The Kier molecular flexibility index (Phi) is 5.22. The number of carbonyl (C=O) groups is 1. The lowest BCUT2D eigenvalue weighted by molar-refractivity contribution is -0.138. The predicted octanol–water partition coefficient (Wildman–Crippen LogP) is 3.06. The third-order valence-corrected chi connectivity index (χ3v) is 5.29. The Labute approximate surface area is 126 Å². The molecule has 0 saturated carbocycles. The summed E-state index contributed by atoms with van der Waals surface area (Å²) in [5.41, 5.74) is -0.298. The van der Waals surface area contributed by atoms with Crippen LogP contribution < -0.4 is 5.32 Å². The maximum Gasteiger partial charge on any atom is 0.242 e. The van der Waals surface area contributed by atoms with E-state index in [1.807, 2.05) is 11.9 Å². The van der Waals surface area contributed by atoms with E-state index in [1.54, 1.807) is 11.3 Å². The molecular formula is C16H26N2OS. The third kappa shape index (κ3) is 3.23. The van der Waals surface area contributed by atoms with Gasteiger partial charge >= 0.3 is 0 Å². The van der Waals surface area contributed by atoms with Crippen molar-refractivity contribution in [3.8, 4) is 0 Å². The standard InChI is InChI=1S/C16H26N2OS/c1-4-8-16(9-6-10-17-16)15(19)18(3)13(2)12-14-7-5-11-20-14/h5,7,11,13,17H,4,6,8-10,12H2,1-3H3. The summed E-state index contributed by atoms with van der Waals surface area (Å²) in [5.74, 6) is 0.279. The molecule has 1 amide bonds. The van der Waals surface area contributed by atoms with E-state index in [9.17, 15) is 4.79 Å². The Balaban J connectivity index is 2.02. The van der Waals surface area contributed by atoms with Gasteiger partial charge in [0, 0.05) is 24.4 Å². The minimum Gasteiger partial charge on any atom is -0.341 e. The number of rotatable bonds is 6. The molecule has 112 valence electrons. The molecule has 2 heterocycles. The highest BCUT2D eigenvalue weighted by molar-refractivity contribution is 7.09. The van der Waals surface area contributed by atoms with Crippen molar-refractivity contribution >= 4 is 17.2 Å². The molecule has 1 aromatic rings. The van der Waals surface area contributed by atoms with Crippen molar-refractivity contribution in [1.82, 2.24) is 10.2 Å². The fraction of sp³-hybridized carbons (Fsp3) is 0.688. The largest absolute Gasteiger partial charge is 0.341 e. The van der Waals surface area contributed by atoms with Crippen LogP contribution in [-0.2, 0) is 11.2 Å². The molecular weight excluding hydrogens is 268 g/mol. The number of nitrogens with zero attached hydrogens (tertiary/aromatic N) is 1. The van der Waals surface area contributed by atoms with Crippen LogP contribution in [0, 0.1) is 0 Å². The first-order chi connectivity index (χ1) is 9.59. The highest BCUT2D eigenvalue weighted by Crippen LogP contribution is 2.28. The fourth-order valence-corrected chi connectivity index (χ4v) is 3.96. The van der Waals surface area contributed by atoms with Gasteiger partial charge in [-0.15, -0.1) is 11.3 Å². The lowest BCUT2D eigenvalue weighted by Crippen LogP contribution is -2.56. The average molecular weight is 294 g/mol. The van der Waals surface area contributed by atoms with Gasteiger partial charge < -0.3 is 10.2 Å². The van der Waals surface area contributed by atoms with Crippen LogP contribution in [0.15, 0.2) is 17.5 Å². The second-order valence-electron chi connectivity index (χ2n) is 5.91. The molecule has 20 heavy (non-hydrogen) atoms. The summed E-state index contributed by atoms with van der Waals surface area (Å²) in [6, 6.07) is 4.47. The molecule has 1 aliphatic heterocycles. The Morgan fingerprint density at radius 2 is 2.40 bits per heavy atom. The average Bonchev–Trinajstić information content (AvgIpc) is 3.09. The summed E-state index contributed by atoms with van der Waals surface area (Å²) in [7, 11) is 1.96. The summed E-state index contributed by atoms with van der Waals surface area (Å²) in [5, 5.41) is 5.58. The van der Waals surface area contributed by atoms with Gasteiger partial charge in [-0.25, -0.2) is 0 Å². The highest BCUT2D eigenvalue weighted by atomic mass is 32.1. The topological polar surface area (TPSA) is 32.3 Å².